The first-order valence-electron chi connectivity index (χ1n) is 6.84. The summed E-state index contributed by atoms with van der Waals surface area (Å²) in [4.78, 5) is 24.4. The minimum Gasteiger partial charge on any atom is -0.465 e. The third-order valence-electron chi connectivity index (χ3n) is 3.42. The minimum absolute atomic E-state index is 0.200. The molecule has 2 rings (SSSR count). The fourth-order valence-electron chi connectivity index (χ4n) is 2.14. The zero-order chi connectivity index (χ0) is 18.0. The van der Waals surface area contributed by atoms with Gasteiger partial charge in [0, 0.05) is 11.9 Å². The Labute approximate surface area is 148 Å². The molecule has 0 radical (unpaired) electrons. The van der Waals surface area contributed by atoms with Crippen LogP contribution in [0.2, 0.25) is 0 Å². The maximum Gasteiger partial charge on any atom is 0.341 e. The number of rotatable bonds is 4. The van der Waals surface area contributed by atoms with E-state index in [4.69, 9.17) is 22.7 Å². The third-order valence-corrected chi connectivity index (χ3v) is 4.75. The summed E-state index contributed by atoms with van der Waals surface area (Å²) in [5, 5.41) is 10.6. The van der Waals surface area contributed by atoms with Crippen LogP contribution in [0.15, 0.2) is 6.20 Å². The van der Waals surface area contributed by atoms with E-state index in [0.717, 1.165) is 10.4 Å². The van der Waals surface area contributed by atoms with Gasteiger partial charge in [-0.2, -0.15) is 5.10 Å². The number of nitrogens with one attached hydrogen (secondary N) is 2. The number of anilines is 2. The molecule has 2 heterocycles. The van der Waals surface area contributed by atoms with Crippen molar-refractivity contribution in [2.45, 2.75) is 13.8 Å². The molecule has 0 fully saturated rings. The second-order valence-electron chi connectivity index (χ2n) is 4.95. The summed E-state index contributed by atoms with van der Waals surface area (Å²) in [6, 6.07) is 0. The maximum atomic E-state index is 12.0. The van der Waals surface area contributed by atoms with Gasteiger partial charge in [-0.3, -0.25) is 9.48 Å². The van der Waals surface area contributed by atoms with E-state index in [1.165, 1.54) is 29.3 Å². The van der Waals surface area contributed by atoms with Crippen LogP contribution in [-0.4, -0.2) is 33.9 Å². The normalized spacial score (nSPS) is 10.3. The molecule has 0 aliphatic heterocycles. The first kappa shape index (κ1) is 17.9. The molecular weight excluding hydrogens is 350 g/mol. The summed E-state index contributed by atoms with van der Waals surface area (Å²) in [7, 11) is 2.92. The molecule has 2 aromatic rings. The number of carbonyl (C=O) groups is 2. The Balaban J connectivity index is 2.24. The summed E-state index contributed by atoms with van der Waals surface area (Å²) in [6.45, 7) is 3.74. The van der Waals surface area contributed by atoms with Gasteiger partial charge in [0.1, 0.15) is 10.7 Å². The van der Waals surface area contributed by atoms with E-state index in [0.29, 0.717) is 16.3 Å². The molecule has 0 saturated heterocycles. The monoisotopic (exact) mass is 367 g/mol. The average Bonchev–Trinajstić information content (AvgIpc) is 2.99. The number of esters is 1. The fraction of sp³-hybridized carbons (Fsp3) is 0.286. The third kappa shape index (κ3) is 3.39. The highest BCUT2D eigenvalue weighted by molar-refractivity contribution is 7.80. The van der Waals surface area contributed by atoms with Crippen molar-refractivity contribution in [3.63, 3.8) is 0 Å². The number of nitrogens with zero attached hydrogens (tertiary/aromatic N) is 2. The fourth-order valence-corrected chi connectivity index (χ4v) is 3.47. The van der Waals surface area contributed by atoms with Crippen molar-refractivity contribution in [2.24, 2.45) is 12.8 Å². The van der Waals surface area contributed by atoms with E-state index in [1.807, 2.05) is 13.8 Å². The molecule has 10 heteroatoms. The van der Waals surface area contributed by atoms with Gasteiger partial charge in [-0.05, 0) is 31.6 Å². The van der Waals surface area contributed by atoms with E-state index in [-0.39, 0.29) is 10.8 Å². The van der Waals surface area contributed by atoms with Crippen molar-refractivity contribution >= 4 is 51.2 Å². The highest BCUT2D eigenvalue weighted by atomic mass is 32.1. The summed E-state index contributed by atoms with van der Waals surface area (Å²) < 4.78 is 6.17. The van der Waals surface area contributed by atoms with Crippen LogP contribution in [0.3, 0.4) is 0 Å². The standard InChI is InChI=1S/C14H17N5O3S2/c1-6-7(2)24-12(9(6)13(21)22-4)18-14(23)17-8-5-16-19(3)10(8)11(15)20/h5H,1-4H3,(H2,15,20)(H2,17,18,23). The first-order valence-corrected chi connectivity index (χ1v) is 8.06. The van der Waals surface area contributed by atoms with Crippen LogP contribution in [0.25, 0.3) is 0 Å². The molecule has 2 aromatic heterocycles. The molecule has 1 amide bonds. The molecule has 4 N–H and O–H groups in total. The highest BCUT2D eigenvalue weighted by Crippen LogP contribution is 2.33. The van der Waals surface area contributed by atoms with Crippen LogP contribution in [0.1, 0.15) is 31.3 Å². The number of amides is 1. The van der Waals surface area contributed by atoms with Crippen LogP contribution in [0, 0.1) is 13.8 Å². The maximum absolute atomic E-state index is 12.0. The van der Waals surface area contributed by atoms with Crippen LogP contribution in [0.5, 0.6) is 0 Å². The minimum atomic E-state index is -0.627. The number of nitrogens with two attached hydrogens (primary N) is 1. The predicted molar refractivity (Wildman–Crippen MR) is 96.7 cm³/mol. The van der Waals surface area contributed by atoms with Gasteiger partial charge >= 0.3 is 5.97 Å². The molecule has 0 bridgehead atoms. The number of aryl methyl sites for hydroxylation is 2. The van der Waals surface area contributed by atoms with Gasteiger partial charge < -0.3 is 21.1 Å². The SMILES string of the molecule is COC(=O)c1c(NC(=S)Nc2cnn(C)c2C(N)=O)sc(C)c1C. The Morgan fingerprint density at radius 1 is 1.38 bits per heavy atom. The number of ether oxygens (including phenoxy) is 1. The molecule has 8 nitrogen and oxygen atoms in total. The molecule has 0 saturated carbocycles. The molecule has 0 aliphatic rings. The van der Waals surface area contributed by atoms with E-state index in [1.54, 1.807) is 7.05 Å². The predicted octanol–water partition coefficient (Wildman–Crippen LogP) is 1.79. The number of carbonyl (C=O) groups excluding carboxylic acids is 2. The number of hydrogen-bond acceptors (Lipinski definition) is 6. The number of aromatic nitrogens is 2. The van der Waals surface area contributed by atoms with Gasteiger partial charge in [-0.1, -0.05) is 0 Å². The van der Waals surface area contributed by atoms with Crippen molar-refractivity contribution in [1.29, 1.82) is 0 Å². The molecule has 0 aliphatic carbocycles. The Hall–Kier alpha value is -2.46. The van der Waals surface area contributed by atoms with Gasteiger partial charge in [0.05, 0.1) is 24.6 Å². The number of thiocarbonyl (C=S) groups is 1. The summed E-state index contributed by atoms with van der Waals surface area (Å²) in [5.74, 6) is -1.07. The van der Waals surface area contributed by atoms with Crippen molar-refractivity contribution < 1.29 is 14.3 Å². The van der Waals surface area contributed by atoms with E-state index < -0.39 is 11.9 Å². The number of hydrogen-bond donors (Lipinski definition) is 3. The van der Waals surface area contributed by atoms with Crippen LogP contribution in [-0.2, 0) is 11.8 Å². The molecule has 128 valence electrons. The van der Waals surface area contributed by atoms with Crippen molar-refractivity contribution in [2.75, 3.05) is 17.7 Å². The quantitative estimate of drug-likeness (QED) is 0.558. The van der Waals surface area contributed by atoms with Crippen molar-refractivity contribution in [3.8, 4) is 0 Å². The highest BCUT2D eigenvalue weighted by Gasteiger charge is 2.21. The summed E-state index contributed by atoms with van der Waals surface area (Å²) in [6.07, 6.45) is 1.44. The zero-order valence-corrected chi connectivity index (χ0v) is 15.2. The second-order valence-corrected chi connectivity index (χ2v) is 6.59. The number of primary amides is 1. The zero-order valence-electron chi connectivity index (χ0n) is 13.6. The topological polar surface area (TPSA) is 111 Å². The lowest BCUT2D eigenvalue weighted by molar-refractivity contribution is 0.0601. The van der Waals surface area contributed by atoms with Crippen LogP contribution >= 0.6 is 23.6 Å². The van der Waals surface area contributed by atoms with Crippen molar-refractivity contribution in [1.82, 2.24) is 9.78 Å². The second kappa shape index (κ2) is 6.97. The van der Waals surface area contributed by atoms with Crippen LogP contribution < -0.4 is 16.4 Å². The van der Waals surface area contributed by atoms with E-state index in [9.17, 15) is 9.59 Å². The van der Waals surface area contributed by atoms with Gasteiger partial charge in [-0.15, -0.1) is 11.3 Å². The number of methoxy groups -OCH3 is 1. The Morgan fingerprint density at radius 3 is 2.62 bits per heavy atom. The van der Waals surface area contributed by atoms with Crippen molar-refractivity contribution in [3.05, 3.63) is 27.9 Å². The molecular formula is C14H17N5O3S2. The molecule has 0 atom stereocenters. The lowest BCUT2D eigenvalue weighted by Gasteiger charge is -2.10. The van der Waals surface area contributed by atoms with E-state index in [2.05, 4.69) is 15.7 Å². The van der Waals surface area contributed by atoms with E-state index >= 15 is 0 Å². The Morgan fingerprint density at radius 2 is 2.04 bits per heavy atom. The first-order chi connectivity index (χ1) is 11.3. The lowest BCUT2D eigenvalue weighted by atomic mass is 10.1. The largest absolute Gasteiger partial charge is 0.465 e. The average molecular weight is 367 g/mol. The summed E-state index contributed by atoms with van der Waals surface area (Å²) >= 11 is 6.64. The number of thiophene rings is 1. The smallest absolute Gasteiger partial charge is 0.341 e. The molecule has 0 aromatic carbocycles. The van der Waals surface area contributed by atoms with Gasteiger partial charge in [0.2, 0.25) is 0 Å². The molecule has 24 heavy (non-hydrogen) atoms. The Kier molecular flexibility index (Phi) is 5.20. The lowest BCUT2D eigenvalue weighted by Crippen LogP contribution is -2.23. The van der Waals surface area contributed by atoms with Gasteiger partial charge in [-0.25, -0.2) is 4.79 Å². The van der Waals surface area contributed by atoms with Crippen LogP contribution in [0.4, 0.5) is 10.7 Å². The molecule has 0 unspecified atom stereocenters. The molecule has 0 spiro atoms. The van der Waals surface area contributed by atoms with Gasteiger partial charge in [0.15, 0.2) is 5.11 Å². The summed E-state index contributed by atoms with van der Waals surface area (Å²) in [5.41, 5.74) is 7.18. The Bertz CT molecular complexity index is 825. The van der Waals surface area contributed by atoms with Gasteiger partial charge in [0.25, 0.3) is 5.91 Å².